The van der Waals surface area contributed by atoms with E-state index >= 15 is 0 Å². The van der Waals surface area contributed by atoms with Crippen LogP contribution in [0.4, 0.5) is 0 Å². The number of halogens is 2. The van der Waals surface area contributed by atoms with E-state index in [4.69, 9.17) is 33.2 Å². The van der Waals surface area contributed by atoms with E-state index in [0.717, 1.165) is 9.79 Å². The molecule has 2 aromatic rings. The van der Waals surface area contributed by atoms with Gasteiger partial charge in [-0.1, -0.05) is 35.0 Å². The Balaban J connectivity index is 2.36. The maximum absolute atomic E-state index is 9.11. The second-order valence-corrected chi connectivity index (χ2v) is 5.58. The van der Waals surface area contributed by atoms with Gasteiger partial charge in [-0.05, 0) is 36.4 Å². The Morgan fingerprint density at radius 1 is 1.11 bits per heavy atom. The van der Waals surface area contributed by atoms with Crippen LogP contribution >= 0.6 is 35.0 Å². The van der Waals surface area contributed by atoms with Crippen LogP contribution < -0.4 is 4.74 Å². The molecule has 0 N–H and O–H groups in total. The zero-order valence-electron chi connectivity index (χ0n) is 9.98. The largest absolute Gasteiger partial charge is 0.497 e. The van der Waals surface area contributed by atoms with Gasteiger partial charge in [0.2, 0.25) is 0 Å². The van der Waals surface area contributed by atoms with Crippen LogP contribution in [0.25, 0.3) is 0 Å². The van der Waals surface area contributed by atoms with Crippen LogP contribution in [0.2, 0.25) is 10.0 Å². The molecule has 0 atom stereocenters. The van der Waals surface area contributed by atoms with E-state index < -0.39 is 0 Å². The van der Waals surface area contributed by atoms with E-state index in [2.05, 4.69) is 6.07 Å². The van der Waals surface area contributed by atoms with E-state index in [1.165, 1.54) is 11.8 Å². The number of nitriles is 1. The molecular weight excluding hydrogens is 301 g/mol. The van der Waals surface area contributed by atoms with Gasteiger partial charge in [-0.15, -0.1) is 0 Å². The van der Waals surface area contributed by atoms with Crippen molar-refractivity contribution in [2.75, 3.05) is 7.11 Å². The monoisotopic (exact) mass is 309 g/mol. The summed E-state index contributed by atoms with van der Waals surface area (Å²) in [4.78, 5) is 1.74. The van der Waals surface area contributed by atoms with Crippen LogP contribution in [0, 0.1) is 11.3 Å². The van der Waals surface area contributed by atoms with Gasteiger partial charge in [-0.3, -0.25) is 0 Å². The highest BCUT2D eigenvalue weighted by atomic mass is 35.5. The van der Waals surface area contributed by atoms with Crippen molar-refractivity contribution in [1.29, 1.82) is 5.26 Å². The Labute approximate surface area is 125 Å². The number of rotatable bonds is 3. The first-order chi connectivity index (χ1) is 9.13. The molecule has 2 rings (SSSR count). The minimum atomic E-state index is 0.494. The summed E-state index contributed by atoms with van der Waals surface area (Å²) in [6.07, 6.45) is 0. The molecule has 0 saturated carbocycles. The molecule has 0 radical (unpaired) electrons. The zero-order valence-corrected chi connectivity index (χ0v) is 12.3. The molecule has 0 aliphatic rings. The zero-order chi connectivity index (χ0) is 13.8. The van der Waals surface area contributed by atoms with Crippen LogP contribution in [0.5, 0.6) is 5.75 Å². The fourth-order valence-electron chi connectivity index (χ4n) is 1.47. The Hall–Kier alpha value is -1.34. The molecule has 0 aliphatic carbocycles. The Kier molecular flexibility index (Phi) is 4.60. The van der Waals surface area contributed by atoms with Gasteiger partial charge in [0.05, 0.1) is 22.7 Å². The highest BCUT2D eigenvalue weighted by Crippen LogP contribution is 2.35. The van der Waals surface area contributed by atoms with Gasteiger partial charge >= 0.3 is 0 Å². The smallest absolute Gasteiger partial charge is 0.120 e. The second kappa shape index (κ2) is 6.21. The molecule has 0 bridgehead atoms. The van der Waals surface area contributed by atoms with Crippen molar-refractivity contribution in [3.63, 3.8) is 0 Å². The molecule has 19 heavy (non-hydrogen) atoms. The molecule has 2 nitrogen and oxygen atoms in total. The normalized spacial score (nSPS) is 10.0. The lowest BCUT2D eigenvalue weighted by Gasteiger charge is -2.07. The van der Waals surface area contributed by atoms with Gasteiger partial charge in [0.1, 0.15) is 11.8 Å². The third kappa shape index (κ3) is 3.36. The molecule has 96 valence electrons. The summed E-state index contributed by atoms with van der Waals surface area (Å²) in [5.41, 5.74) is 0.594. The summed E-state index contributed by atoms with van der Waals surface area (Å²) in [5.74, 6) is 0.710. The molecule has 5 heteroatoms. The minimum absolute atomic E-state index is 0.494. The fourth-order valence-corrected chi connectivity index (χ4v) is 2.80. The lowest BCUT2D eigenvalue weighted by molar-refractivity contribution is 0.413. The number of benzene rings is 2. The van der Waals surface area contributed by atoms with Gasteiger partial charge in [-0.25, -0.2) is 0 Å². The SMILES string of the molecule is COc1ccc(C#N)c(Sc2ccc(Cl)c(Cl)c2)c1. The maximum atomic E-state index is 9.11. The number of ether oxygens (including phenoxy) is 1. The lowest BCUT2D eigenvalue weighted by Crippen LogP contribution is -1.86. The lowest BCUT2D eigenvalue weighted by atomic mass is 10.2. The van der Waals surface area contributed by atoms with Crippen LogP contribution in [-0.2, 0) is 0 Å². The van der Waals surface area contributed by atoms with Crippen LogP contribution in [0.3, 0.4) is 0 Å². The summed E-state index contributed by atoms with van der Waals surface area (Å²) in [6.45, 7) is 0. The third-order valence-electron chi connectivity index (χ3n) is 2.43. The summed E-state index contributed by atoms with van der Waals surface area (Å²) in [7, 11) is 1.59. The molecule has 0 saturated heterocycles. The van der Waals surface area contributed by atoms with E-state index in [9.17, 15) is 0 Å². The standard InChI is InChI=1S/C14H9Cl2NOS/c1-18-10-3-2-9(8-17)14(6-10)19-11-4-5-12(15)13(16)7-11/h2-7H,1H3. The third-order valence-corrected chi connectivity index (χ3v) is 4.21. The maximum Gasteiger partial charge on any atom is 0.120 e. The average molecular weight is 310 g/mol. The van der Waals surface area contributed by atoms with E-state index in [1.54, 1.807) is 31.4 Å². The number of hydrogen-bond acceptors (Lipinski definition) is 3. The topological polar surface area (TPSA) is 33.0 Å². The number of hydrogen-bond donors (Lipinski definition) is 0. The number of methoxy groups -OCH3 is 1. The molecule has 2 aromatic carbocycles. The minimum Gasteiger partial charge on any atom is -0.497 e. The molecule has 0 amide bonds. The summed E-state index contributed by atoms with van der Waals surface area (Å²) < 4.78 is 5.16. The van der Waals surface area contributed by atoms with Gasteiger partial charge in [0.25, 0.3) is 0 Å². The highest BCUT2D eigenvalue weighted by molar-refractivity contribution is 7.99. The molecule has 0 fully saturated rings. The first kappa shape index (κ1) is 14.1. The molecule has 0 aliphatic heterocycles. The van der Waals surface area contributed by atoms with E-state index in [1.807, 2.05) is 12.1 Å². The van der Waals surface area contributed by atoms with Crippen molar-refractivity contribution >= 4 is 35.0 Å². The van der Waals surface area contributed by atoms with Crippen LogP contribution in [0.15, 0.2) is 46.2 Å². The van der Waals surface area contributed by atoms with Gasteiger partial charge in [0, 0.05) is 9.79 Å². The Morgan fingerprint density at radius 2 is 1.89 bits per heavy atom. The molecule has 0 aromatic heterocycles. The number of nitrogens with zero attached hydrogens (tertiary/aromatic N) is 1. The van der Waals surface area contributed by atoms with E-state index in [0.29, 0.717) is 21.4 Å². The van der Waals surface area contributed by atoms with Crippen molar-refractivity contribution in [2.24, 2.45) is 0 Å². The first-order valence-electron chi connectivity index (χ1n) is 5.35. The fraction of sp³-hybridized carbons (Fsp3) is 0.0714. The van der Waals surface area contributed by atoms with E-state index in [-0.39, 0.29) is 0 Å². The molecule has 0 spiro atoms. The van der Waals surface area contributed by atoms with Gasteiger partial charge in [-0.2, -0.15) is 5.26 Å². The summed E-state index contributed by atoms with van der Waals surface area (Å²) in [6, 6.07) is 12.8. The molecule has 0 heterocycles. The Morgan fingerprint density at radius 3 is 2.53 bits per heavy atom. The van der Waals surface area contributed by atoms with Crippen LogP contribution in [-0.4, -0.2) is 7.11 Å². The summed E-state index contributed by atoms with van der Waals surface area (Å²) >= 11 is 13.3. The predicted molar refractivity (Wildman–Crippen MR) is 78.3 cm³/mol. The summed E-state index contributed by atoms with van der Waals surface area (Å²) in [5, 5.41) is 10.1. The second-order valence-electron chi connectivity index (χ2n) is 3.65. The first-order valence-corrected chi connectivity index (χ1v) is 6.92. The van der Waals surface area contributed by atoms with Crippen LogP contribution in [0.1, 0.15) is 5.56 Å². The van der Waals surface area contributed by atoms with Crippen molar-refractivity contribution in [3.8, 4) is 11.8 Å². The van der Waals surface area contributed by atoms with Crippen molar-refractivity contribution in [1.82, 2.24) is 0 Å². The van der Waals surface area contributed by atoms with Crippen molar-refractivity contribution in [2.45, 2.75) is 9.79 Å². The van der Waals surface area contributed by atoms with Gasteiger partial charge in [0.15, 0.2) is 0 Å². The van der Waals surface area contributed by atoms with Gasteiger partial charge < -0.3 is 4.74 Å². The molecule has 0 unspecified atom stereocenters. The highest BCUT2D eigenvalue weighted by Gasteiger charge is 2.07. The predicted octanol–water partition coefficient (Wildman–Crippen LogP) is 5.02. The van der Waals surface area contributed by atoms with Crippen molar-refractivity contribution < 1.29 is 4.74 Å². The molecular formula is C14H9Cl2NOS. The Bertz CT molecular complexity index is 652. The van der Waals surface area contributed by atoms with Crippen molar-refractivity contribution in [3.05, 3.63) is 52.0 Å². The quantitative estimate of drug-likeness (QED) is 0.797. The average Bonchev–Trinajstić information content (AvgIpc) is 2.43.